The van der Waals surface area contributed by atoms with E-state index in [2.05, 4.69) is 25.7 Å². The molecule has 2 aromatic rings. The third-order valence-corrected chi connectivity index (χ3v) is 2.73. The highest BCUT2D eigenvalue weighted by Gasteiger charge is 2.14. The quantitative estimate of drug-likeness (QED) is 0.815. The predicted octanol–water partition coefficient (Wildman–Crippen LogP) is 3.42. The molecule has 0 amide bonds. The Balaban J connectivity index is 2.28. The summed E-state index contributed by atoms with van der Waals surface area (Å²) in [5, 5.41) is 0. The minimum Gasteiger partial charge on any atom is -0.465 e. The molecular formula is C13H10BrNO3. The molecular weight excluding hydrogens is 298 g/mol. The summed E-state index contributed by atoms with van der Waals surface area (Å²) < 4.78 is 11.2. The fourth-order valence-corrected chi connectivity index (χ4v) is 1.62. The van der Waals surface area contributed by atoms with Crippen LogP contribution in [0.15, 0.2) is 47.1 Å². The summed E-state index contributed by atoms with van der Waals surface area (Å²) in [5.74, 6) is 0.351. The number of aromatic nitrogens is 1. The van der Waals surface area contributed by atoms with Crippen LogP contribution in [0.3, 0.4) is 0 Å². The minimum absolute atomic E-state index is 0.228. The summed E-state index contributed by atoms with van der Waals surface area (Å²) >= 11 is 3.33. The summed E-state index contributed by atoms with van der Waals surface area (Å²) in [6.45, 7) is 0. The van der Waals surface area contributed by atoms with Crippen molar-refractivity contribution in [3.05, 3.63) is 52.6 Å². The molecule has 1 heterocycles. The Morgan fingerprint density at radius 3 is 2.61 bits per heavy atom. The standard InChI is InChI=1S/C13H10BrNO3/c1-17-13(16)11-3-2-8-15-12(11)18-10-6-4-9(14)5-7-10/h2-8H,1H3. The SMILES string of the molecule is COC(=O)c1cccnc1Oc1ccc(Br)cc1. The van der Waals surface area contributed by atoms with Gasteiger partial charge in [0.15, 0.2) is 0 Å². The third-order valence-electron chi connectivity index (χ3n) is 2.20. The molecule has 92 valence electrons. The van der Waals surface area contributed by atoms with Crippen LogP contribution in [0.5, 0.6) is 11.6 Å². The third kappa shape index (κ3) is 2.87. The summed E-state index contributed by atoms with van der Waals surface area (Å²) in [4.78, 5) is 15.6. The Labute approximate surface area is 113 Å². The fourth-order valence-electron chi connectivity index (χ4n) is 1.35. The summed E-state index contributed by atoms with van der Waals surface area (Å²) in [6, 6.07) is 10.5. The van der Waals surface area contributed by atoms with Crippen LogP contribution >= 0.6 is 15.9 Å². The van der Waals surface area contributed by atoms with E-state index in [0.29, 0.717) is 11.3 Å². The van der Waals surface area contributed by atoms with Gasteiger partial charge < -0.3 is 9.47 Å². The second-order valence-corrected chi connectivity index (χ2v) is 4.32. The van der Waals surface area contributed by atoms with Crippen LogP contribution in [0.2, 0.25) is 0 Å². The normalized spacial score (nSPS) is 9.89. The van der Waals surface area contributed by atoms with Crippen LogP contribution in [-0.2, 0) is 4.74 Å². The lowest BCUT2D eigenvalue weighted by atomic mass is 10.3. The van der Waals surface area contributed by atoms with E-state index in [0.717, 1.165) is 4.47 Å². The predicted molar refractivity (Wildman–Crippen MR) is 69.8 cm³/mol. The molecule has 2 rings (SSSR count). The highest BCUT2D eigenvalue weighted by atomic mass is 79.9. The molecule has 0 saturated heterocycles. The molecule has 0 aliphatic rings. The molecule has 1 aromatic carbocycles. The maximum atomic E-state index is 11.5. The second kappa shape index (κ2) is 5.64. The molecule has 0 saturated carbocycles. The molecule has 5 heteroatoms. The smallest absolute Gasteiger partial charge is 0.343 e. The molecule has 0 unspecified atom stereocenters. The van der Waals surface area contributed by atoms with Crippen LogP contribution in [0.25, 0.3) is 0 Å². The zero-order chi connectivity index (χ0) is 13.0. The summed E-state index contributed by atoms with van der Waals surface area (Å²) in [6.07, 6.45) is 1.56. The maximum absolute atomic E-state index is 11.5. The van der Waals surface area contributed by atoms with Crippen molar-refractivity contribution in [2.75, 3.05) is 7.11 Å². The average Bonchev–Trinajstić information content (AvgIpc) is 2.41. The number of pyridine rings is 1. The highest BCUT2D eigenvalue weighted by Crippen LogP contribution is 2.24. The number of carbonyl (C=O) groups is 1. The molecule has 1 aromatic heterocycles. The Morgan fingerprint density at radius 2 is 1.94 bits per heavy atom. The van der Waals surface area contributed by atoms with Gasteiger partial charge in [-0.3, -0.25) is 0 Å². The molecule has 0 aliphatic carbocycles. The van der Waals surface area contributed by atoms with Crippen molar-refractivity contribution >= 4 is 21.9 Å². The number of rotatable bonds is 3. The zero-order valence-corrected chi connectivity index (χ0v) is 11.2. The van der Waals surface area contributed by atoms with Crippen molar-refractivity contribution in [3.63, 3.8) is 0 Å². The number of carbonyl (C=O) groups excluding carboxylic acids is 1. The van der Waals surface area contributed by atoms with Crippen molar-refractivity contribution < 1.29 is 14.3 Å². The molecule has 18 heavy (non-hydrogen) atoms. The molecule has 0 bridgehead atoms. The van der Waals surface area contributed by atoms with Crippen LogP contribution in [-0.4, -0.2) is 18.1 Å². The number of nitrogens with zero attached hydrogens (tertiary/aromatic N) is 1. The van der Waals surface area contributed by atoms with Crippen molar-refractivity contribution in [2.24, 2.45) is 0 Å². The molecule has 0 spiro atoms. The van der Waals surface area contributed by atoms with Crippen molar-refractivity contribution in [2.45, 2.75) is 0 Å². The number of benzene rings is 1. The number of hydrogen-bond acceptors (Lipinski definition) is 4. The largest absolute Gasteiger partial charge is 0.465 e. The van der Waals surface area contributed by atoms with E-state index in [1.165, 1.54) is 7.11 Å². The highest BCUT2D eigenvalue weighted by molar-refractivity contribution is 9.10. The minimum atomic E-state index is -0.477. The van der Waals surface area contributed by atoms with E-state index in [1.807, 2.05) is 12.1 Å². The van der Waals surface area contributed by atoms with Gasteiger partial charge in [-0.05, 0) is 36.4 Å². The van der Waals surface area contributed by atoms with Crippen LogP contribution in [0, 0.1) is 0 Å². The van der Waals surface area contributed by atoms with E-state index < -0.39 is 5.97 Å². The van der Waals surface area contributed by atoms with E-state index in [4.69, 9.17) is 4.74 Å². The first-order chi connectivity index (χ1) is 8.70. The van der Waals surface area contributed by atoms with Gasteiger partial charge in [0.2, 0.25) is 5.88 Å². The first-order valence-electron chi connectivity index (χ1n) is 5.17. The lowest BCUT2D eigenvalue weighted by molar-refractivity contribution is 0.0597. The van der Waals surface area contributed by atoms with Crippen LogP contribution in [0.4, 0.5) is 0 Å². The zero-order valence-electron chi connectivity index (χ0n) is 9.59. The number of methoxy groups -OCH3 is 1. The fraction of sp³-hybridized carbons (Fsp3) is 0.0769. The van der Waals surface area contributed by atoms with Gasteiger partial charge in [-0.2, -0.15) is 0 Å². The van der Waals surface area contributed by atoms with Gasteiger partial charge in [-0.25, -0.2) is 9.78 Å². The Morgan fingerprint density at radius 1 is 1.22 bits per heavy atom. The topological polar surface area (TPSA) is 48.4 Å². The molecule has 0 radical (unpaired) electrons. The maximum Gasteiger partial charge on any atom is 0.343 e. The van der Waals surface area contributed by atoms with E-state index in [9.17, 15) is 4.79 Å². The Bertz CT molecular complexity index is 554. The van der Waals surface area contributed by atoms with E-state index in [1.54, 1.807) is 30.5 Å². The summed E-state index contributed by atoms with van der Waals surface area (Å²) in [7, 11) is 1.32. The second-order valence-electron chi connectivity index (χ2n) is 3.40. The van der Waals surface area contributed by atoms with Gasteiger partial charge >= 0.3 is 5.97 Å². The average molecular weight is 308 g/mol. The van der Waals surface area contributed by atoms with Gasteiger partial charge in [0.1, 0.15) is 11.3 Å². The number of ether oxygens (including phenoxy) is 2. The summed E-state index contributed by atoms with van der Waals surface area (Å²) in [5.41, 5.74) is 0.294. The first kappa shape index (κ1) is 12.6. The molecule has 0 fully saturated rings. The van der Waals surface area contributed by atoms with Gasteiger partial charge in [-0.15, -0.1) is 0 Å². The van der Waals surface area contributed by atoms with E-state index >= 15 is 0 Å². The monoisotopic (exact) mass is 307 g/mol. The van der Waals surface area contributed by atoms with Crippen molar-refractivity contribution in [3.8, 4) is 11.6 Å². The Kier molecular flexibility index (Phi) is 3.94. The Hall–Kier alpha value is -1.88. The van der Waals surface area contributed by atoms with Crippen LogP contribution < -0.4 is 4.74 Å². The van der Waals surface area contributed by atoms with Gasteiger partial charge in [-0.1, -0.05) is 15.9 Å². The molecule has 0 atom stereocenters. The lowest BCUT2D eigenvalue weighted by Gasteiger charge is -2.08. The van der Waals surface area contributed by atoms with E-state index in [-0.39, 0.29) is 5.88 Å². The van der Waals surface area contributed by atoms with Gasteiger partial charge in [0, 0.05) is 10.7 Å². The van der Waals surface area contributed by atoms with Crippen molar-refractivity contribution in [1.29, 1.82) is 0 Å². The van der Waals surface area contributed by atoms with Gasteiger partial charge in [0.05, 0.1) is 7.11 Å². The number of esters is 1. The van der Waals surface area contributed by atoms with Gasteiger partial charge in [0.25, 0.3) is 0 Å². The lowest BCUT2D eigenvalue weighted by Crippen LogP contribution is -2.04. The number of hydrogen-bond donors (Lipinski definition) is 0. The van der Waals surface area contributed by atoms with Crippen LogP contribution in [0.1, 0.15) is 10.4 Å². The first-order valence-corrected chi connectivity index (χ1v) is 5.97. The number of halogens is 1. The van der Waals surface area contributed by atoms with Crippen molar-refractivity contribution in [1.82, 2.24) is 4.98 Å². The molecule has 4 nitrogen and oxygen atoms in total. The molecule has 0 aliphatic heterocycles. The molecule has 0 N–H and O–H groups in total.